The van der Waals surface area contributed by atoms with Crippen LogP contribution < -0.4 is 0 Å². The fourth-order valence-corrected chi connectivity index (χ4v) is 1.94. The molecule has 1 heterocycles. The van der Waals surface area contributed by atoms with Crippen molar-refractivity contribution in [2.75, 3.05) is 7.11 Å². The summed E-state index contributed by atoms with van der Waals surface area (Å²) in [6.07, 6.45) is 5.31. The van der Waals surface area contributed by atoms with Gasteiger partial charge in [0.15, 0.2) is 0 Å². The molecule has 0 bridgehead atoms. The van der Waals surface area contributed by atoms with Crippen LogP contribution >= 0.6 is 0 Å². The lowest BCUT2D eigenvalue weighted by molar-refractivity contribution is 0.0956. The Morgan fingerprint density at radius 2 is 2.00 bits per heavy atom. The number of methoxy groups -OCH3 is 1. The number of nitrogens with zero attached hydrogens (tertiary/aromatic N) is 1. The first-order valence-electron chi connectivity index (χ1n) is 5.97. The van der Waals surface area contributed by atoms with Crippen LogP contribution in [0.1, 0.15) is 23.7 Å². The third-order valence-corrected chi connectivity index (χ3v) is 2.95. The molecule has 0 aliphatic carbocycles. The minimum atomic E-state index is -0.200. The van der Waals surface area contributed by atoms with Gasteiger partial charge in [-0.2, -0.15) is 0 Å². The Bertz CT molecular complexity index is 470. The van der Waals surface area contributed by atoms with E-state index in [-0.39, 0.29) is 11.9 Å². The van der Waals surface area contributed by atoms with E-state index in [1.54, 1.807) is 13.3 Å². The number of halogens is 1. The first-order valence-corrected chi connectivity index (χ1v) is 5.97. The third kappa shape index (κ3) is 3.37. The summed E-state index contributed by atoms with van der Waals surface area (Å²) in [6, 6.07) is 10.5. The molecule has 0 N–H and O–H groups in total. The summed E-state index contributed by atoms with van der Waals surface area (Å²) in [4.78, 5) is 4.09. The summed E-state index contributed by atoms with van der Waals surface area (Å²) in [5.74, 6) is -0.200. The standard InChI is InChI=1S/C15H16FNO/c1-18-15(13-3-2-10-17-11-13)9-6-12-4-7-14(16)8-5-12/h2-5,7-8,10-11,15H,6,9H2,1H3. The Morgan fingerprint density at radius 1 is 1.22 bits per heavy atom. The predicted octanol–water partition coefficient (Wildman–Crippen LogP) is 3.54. The lowest BCUT2D eigenvalue weighted by Crippen LogP contribution is -2.03. The molecule has 0 spiro atoms. The van der Waals surface area contributed by atoms with E-state index >= 15 is 0 Å². The van der Waals surface area contributed by atoms with Crippen LogP contribution in [0, 0.1) is 5.82 Å². The third-order valence-electron chi connectivity index (χ3n) is 2.95. The van der Waals surface area contributed by atoms with E-state index in [0.717, 1.165) is 24.0 Å². The molecule has 0 aliphatic heterocycles. The van der Waals surface area contributed by atoms with Crippen molar-refractivity contribution in [1.29, 1.82) is 0 Å². The second-order valence-corrected chi connectivity index (χ2v) is 4.18. The summed E-state index contributed by atoms with van der Waals surface area (Å²) in [5.41, 5.74) is 2.18. The maximum atomic E-state index is 12.8. The van der Waals surface area contributed by atoms with Crippen molar-refractivity contribution < 1.29 is 9.13 Å². The van der Waals surface area contributed by atoms with E-state index in [1.165, 1.54) is 12.1 Å². The molecular formula is C15H16FNO. The number of aromatic nitrogens is 1. The summed E-state index contributed by atoms with van der Waals surface area (Å²) < 4.78 is 18.3. The molecule has 0 radical (unpaired) electrons. The van der Waals surface area contributed by atoms with E-state index in [9.17, 15) is 4.39 Å². The van der Waals surface area contributed by atoms with Gasteiger partial charge in [-0.05, 0) is 42.2 Å². The molecule has 0 fully saturated rings. The molecule has 1 atom stereocenters. The number of rotatable bonds is 5. The van der Waals surface area contributed by atoms with Crippen LogP contribution in [0.3, 0.4) is 0 Å². The van der Waals surface area contributed by atoms with Crippen molar-refractivity contribution in [3.05, 3.63) is 65.7 Å². The van der Waals surface area contributed by atoms with Gasteiger partial charge < -0.3 is 4.74 Å². The normalized spacial score (nSPS) is 12.3. The Labute approximate surface area is 106 Å². The highest BCUT2D eigenvalue weighted by Crippen LogP contribution is 2.21. The Morgan fingerprint density at radius 3 is 2.61 bits per heavy atom. The van der Waals surface area contributed by atoms with Crippen LogP contribution in [0.15, 0.2) is 48.8 Å². The Balaban J connectivity index is 1.97. The number of hydrogen-bond donors (Lipinski definition) is 0. The highest BCUT2D eigenvalue weighted by Gasteiger charge is 2.10. The molecular weight excluding hydrogens is 229 g/mol. The van der Waals surface area contributed by atoms with Crippen molar-refractivity contribution in [3.8, 4) is 0 Å². The van der Waals surface area contributed by atoms with Gasteiger partial charge in [-0.15, -0.1) is 0 Å². The Kier molecular flexibility index (Phi) is 4.42. The van der Waals surface area contributed by atoms with Gasteiger partial charge in [-0.3, -0.25) is 4.98 Å². The van der Waals surface area contributed by atoms with Gasteiger partial charge in [-0.25, -0.2) is 4.39 Å². The zero-order valence-electron chi connectivity index (χ0n) is 10.3. The van der Waals surface area contributed by atoms with Crippen molar-refractivity contribution in [2.24, 2.45) is 0 Å². The first kappa shape index (κ1) is 12.7. The fourth-order valence-electron chi connectivity index (χ4n) is 1.94. The molecule has 1 aromatic heterocycles. The van der Waals surface area contributed by atoms with Crippen LogP contribution in [0.4, 0.5) is 4.39 Å². The molecule has 0 aliphatic rings. The van der Waals surface area contributed by atoms with Gasteiger partial charge in [0.1, 0.15) is 5.82 Å². The first-order chi connectivity index (χ1) is 8.79. The van der Waals surface area contributed by atoms with Crippen LogP contribution in [0.25, 0.3) is 0 Å². The zero-order valence-corrected chi connectivity index (χ0v) is 10.3. The minimum Gasteiger partial charge on any atom is -0.377 e. The van der Waals surface area contributed by atoms with Crippen molar-refractivity contribution in [2.45, 2.75) is 18.9 Å². The van der Waals surface area contributed by atoms with Crippen LogP contribution in [-0.2, 0) is 11.2 Å². The highest BCUT2D eigenvalue weighted by atomic mass is 19.1. The zero-order chi connectivity index (χ0) is 12.8. The smallest absolute Gasteiger partial charge is 0.123 e. The van der Waals surface area contributed by atoms with Crippen LogP contribution in [0.2, 0.25) is 0 Å². The van der Waals surface area contributed by atoms with E-state index in [1.807, 2.05) is 30.5 Å². The molecule has 3 heteroatoms. The molecule has 94 valence electrons. The van der Waals surface area contributed by atoms with E-state index in [0.29, 0.717) is 0 Å². The number of ether oxygens (including phenoxy) is 1. The summed E-state index contributed by atoms with van der Waals surface area (Å²) in [7, 11) is 1.70. The Hall–Kier alpha value is -1.74. The molecule has 0 saturated heterocycles. The van der Waals surface area contributed by atoms with E-state index in [2.05, 4.69) is 4.98 Å². The van der Waals surface area contributed by atoms with Crippen LogP contribution in [0.5, 0.6) is 0 Å². The predicted molar refractivity (Wildman–Crippen MR) is 68.7 cm³/mol. The monoisotopic (exact) mass is 245 g/mol. The molecule has 0 saturated carbocycles. The van der Waals surface area contributed by atoms with Crippen LogP contribution in [-0.4, -0.2) is 12.1 Å². The fraction of sp³-hybridized carbons (Fsp3) is 0.267. The highest BCUT2D eigenvalue weighted by molar-refractivity contribution is 5.17. The maximum absolute atomic E-state index is 12.8. The molecule has 2 aromatic rings. The molecule has 0 amide bonds. The second kappa shape index (κ2) is 6.26. The largest absolute Gasteiger partial charge is 0.377 e. The summed E-state index contributed by atoms with van der Waals surface area (Å²) in [6.45, 7) is 0. The number of pyridine rings is 1. The summed E-state index contributed by atoms with van der Waals surface area (Å²) in [5, 5.41) is 0. The quantitative estimate of drug-likeness (QED) is 0.803. The van der Waals surface area contributed by atoms with Gasteiger partial charge in [-0.1, -0.05) is 18.2 Å². The minimum absolute atomic E-state index is 0.0313. The van der Waals surface area contributed by atoms with Gasteiger partial charge in [0, 0.05) is 19.5 Å². The average Bonchev–Trinajstić information content (AvgIpc) is 2.43. The van der Waals surface area contributed by atoms with Crippen molar-refractivity contribution in [3.63, 3.8) is 0 Å². The second-order valence-electron chi connectivity index (χ2n) is 4.18. The van der Waals surface area contributed by atoms with E-state index < -0.39 is 0 Å². The van der Waals surface area contributed by atoms with Crippen molar-refractivity contribution in [1.82, 2.24) is 4.98 Å². The number of hydrogen-bond acceptors (Lipinski definition) is 2. The van der Waals surface area contributed by atoms with Gasteiger partial charge in [0.2, 0.25) is 0 Å². The number of aryl methyl sites for hydroxylation is 1. The lowest BCUT2D eigenvalue weighted by atomic mass is 10.0. The topological polar surface area (TPSA) is 22.1 Å². The SMILES string of the molecule is COC(CCc1ccc(F)cc1)c1cccnc1. The van der Waals surface area contributed by atoms with Gasteiger partial charge in [0.25, 0.3) is 0 Å². The molecule has 2 rings (SSSR count). The van der Waals surface area contributed by atoms with E-state index in [4.69, 9.17) is 4.74 Å². The molecule has 1 unspecified atom stereocenters. The van der Waals surface area contributed by atoms with Gasteiger partial charge >= 0.3 is 0 Å². The van der Waals surface area contributed by atoms with Crippen molar-refractivity contribution >= 4 is 0 Å². The average molecular weight is 245 g/mol. The number of benzene rings is 1. The summed E-state index contributed by atoms with van der Waals surface area (Å²) >= 11 is 0. The van der Waals surface area contributed by atoms with Gasteiger partial charge in [0.05, 0.1) is 6.10 Å². The molecule has 18 heavy (non-hydrogen) atoms. The maximum Gasteiger partial charge on any atom is 0.123 e. The molecule has 2 nitrogen and oxygen atoms in total. The lowest BCUT2D eigenvalue weighted by Gasteiger charge is -2.15. The molecule has 1 aromatic carbocycles.